The zero-order valence-corrected chi connectivity index (χ0v) is 17.2. The van der Waals surface area contributed by atoms with E-state index in [-0.39, 0.29) is 12.1 Å². The van der Waals surface area contributed by atoms with Gasteiger partial charge in [-0.25, -0.2) is 14.8 Å². The van der Waals surface area contributed by atoms with Crippen molar-refractivity contribution in [3.05, 3.63) is 66.5 Å². The van der Waals surface area contributed by atoms with Gasteiger partial charge in [-0.05, 0) is 38.0 Å². The number of anilines is 3. The first kappa shape index (κ1) is 19.9. The van der Waals surface area contributed by atoms with E-state index < -0.39 is 0 Å². The van der Waals surface area contributed by atoms with E-state index in [9.17, 15) is 4.79 Å². The monoisotopic (exact) mass is 401 g/mol. The number of carbonyl (C=O) groups is 1. The van der Waals surface area contributed by atoms with Crippen molar-refractivity contribution in [2.24, 2.45) is 0 Å². The van der Waals surface area contributed by atoms with Gasteiger partial charge in [-0.15, -0.1) is 0 Å². The Hall–Kier alpha value is -3.41. The van der Waals surface area contributed by atoms with Gasteiger partial charge in [0.15, 0.2) is 0 Å². The van der Waals surface area contributed by atoms with Gasteiger partial charge < -0.3 is 16.0 Å². The number of aromatic nitrogens is 2. The Morgan fingerprint density at radius 2 is 1.67 bits per heavy atom. The summed E-state index contributed by atoms with van der Waals surface area (Å²) in [4.78, 5) is 21.4. The molecule has 1 aliphatic carbocycles. The van der Waals surface area contributed by atoms with E-state index in [2.05, 4.69) is 25.9 Å². The summed E-state index contributed by atoms with van der Waals surface area (Å²) >= 11 is 0. The number of carbonyl (C=O) groups excluding carboxylic acids is 1. The molecule has 3 aromatic rings. The van der Waals surface area contributed by atoms with Crippen molar-refractivity contribution in [1.82, 2.24) is 15.3 Å². The van der Waals surface area contributed by atoms with Crippen molar-refractivity contribution in [2.75, 3.05) is 10.6 Å². The molecular weight excluding hydrogens is 374 g/mol. The molecule has 1 saturated carbocycles. The van der Waals surface area contributed by atoms with E-state index in [1.807, 2.05) is 67.6 Å². The van der Waals surface area contributed by atoms with Crippen LogP contribution in [-0.4, -0.2) is 22.0 Å². The first-order valence-electron chi connectivity index (χ1n) is 10.5. The Bertz CT molecular complexity index is 999. The van der Waals surface area contributed by atoms with E-state index in [1.54, 1.807) is 0 Å². The van der Waals surface area contributed by atoms with Gasteiger partial charge in [0, 0.05) is 29.0 Å². The SMILES string of the molecule is Cc1nc(Nc2cccc(NC(=O)NC3CCCCC3)c2)cc(-c2ccccc2)n1. The van der Waals surface area contributed by atoms with Crippen molar-refractivity contribution >= 4 is 23.2 Å². The van der Waals surface area contributed by atoms with Gasteiger partial charge in [-0.2, -0.15) is 0 Å². The number of nitrogens with one attached hydrogen (secondary N) is 3. The van der Waals surface area contributed by atoms with Crippen LogP contribution < -0.4 is 16.0 Å². The van der Waals surface area contributed by atoms with Gasteiger partial charge in [0.05, 0.1) is 5.69 Å². The predicted molar refractivity (Wildman–Crippen MR) is 121 cm³/mol. The van der Waals surface area contributed by atoms with Crippen LogP contribution in [0.5, 0.6) is 0 Å². The number of urea groups is 1. The molecule has 1 aliphatic rings. The lowest BCUT2D eigenvalue weighted by atomic mass is 9.96. The summed E-state index contributed by atoms with van der Waals surface area (Å²) in [6, 6.07) is 19.7. The molecule has 0 spiro atoms. The van der Waals surface area contributed by atoms with E-state index in [4.69, 9.17) is 0 Å². The number of amides is 2. The molecule has 0 aliphatic heterocycles. The van der Waals surface area contributed by atoms with Crippen LogP contribution in [0.1, 0.15) is 37.9 Å². The van der Waals surface area contributed by atoms with Gasteiger partial charge in [-0.3, -0.25) is 0 Å². The molecule has 30 heavy (non-hydrogen) atoms. The van der Waals surface area contributed by atoms with Crippen LogP contribution >= 0.6 is 0 Å². The number of aryl methyl sites for hydroxylation is 1. The minimum atomic E-state index is -0.150. The molecule has 2 amide bonds. The minimum Gasteiger partial charge on any atom is -0.340 e. The largest absolute Gasteiger partial charge is 0.340 e. The van der Waals surface area contributed by atoms with Crippen molar-refractivity contribution in [1.29, 1.82) is 0 Å². The molecular formula is C24H27N5O. The zero-order valence-electron chi connectivity index (χ0n) is 17.2. The van der Waals surface area contributed by atoms with Crippen LogP contribution in [0.4, 0.5) is 22.0 Å². The third-order valence-electron chi connectivity index (χ3n) is 5.24. The van der Waals surface area contributed by atoms with E-state index >= 15 is 0 Å². The lowest BCUT2D eigenvalue weighted by Crippen LogP contribution is -2.39. The van der Waals surface area contributed by atoms with Gasteiger partial charge in [-0.1, -0.05) is 55.7 Å². The first-order valence-corrected chi connectivity index (χ1v) is 10.5. The third kappa shape index (κ3) is 5.35. The Morgan fingerprint density at radius 1 is 0.900 bits per heavy atom. The lowest BCUT2D eigenvalue weighted by Gasteiger charge is -2.22. The average Bonchev–Trinajstić information content (AvgIpc) is 2.75. The van der Waals surface area contributed by atoms with E-state index in [1.165, 1.54) is 19.3 Å². The molecule has 2 aromatic carbocycles. The molecule has 154 valence electrons. The summed E-state index contributed by atoms with van der Waals surface area (Å²) < 4.78 is 0. The highest BCUT2D eigenvalue weighted by atomic mass is 16.2. The molecule has 6 nitrogen and oxygen atoms in total. The van der Waals surface area contributed by atoms with Crippen LogP contribution in [0.25, 0.3) is 11.3 Å². The maximum atomic E-state index is 12.3. The molecule has 0 saturated heterocycles. The second-order valence-corrected chi connectivity index (χ2v) is 7.69. The first-order chi connectivity index (χ1) is 14.7. The van der Waals surface area contributed by atoms with Gasteiger partial charge in [0.1, 0.15) is 11.6 Å². The topological polar surface area (TPSA) is 78.9 Å². The fourth-order valence-corrected chi connectivity index (χ4v) is 3.81. The number of hydrogen-bond donors (Lipinski definition) is 3. The van der Waals surface area contributed by atoms with Crippen LogP contribution in [-0.2, 0) is 0 Å². The van der Waals surface area contributed by atoms with Crippen LogP contribution in [0.15, 0.2) is 60.7 Å². The molecule has 1 fully saturated rings. The average molecular weight is 402 g/mol. The molecule has 0 radical (unpaired) electrons. The zero-order chi connectivity index (χ0) is 20.8. The number of benzene rings is 2. The van der Waals surface area contributed by atoms with Crippen LogP contribution in [0, 0.1) is 6.92 Å². The van der Waals surface area contributed by atoms with E-state index in [0.29, 0.717) is 11.6 Å². The molecule has 1 heterocycles. The molecule has 1 aromatic heterocycles. The quantitative estimate of drug-likeness (QED) is 0.516. The summed E-state index contributed by atoms with van der Waals surface area (Å²) in [5, 5.41) is 9.35. The maximum Gasteiger partial charge on any atom is 0.319 e. The third-order valence-corrected chi connectivity index (χ3v) is 5.24. The molecule has 6 heteroatoms. The summed E-state index contributed by atoms with van der Waals surface area (Å²) in [5.41, 5.74) is 3.50. The number of nitrogens with zero attached hydrogens (tertiary/aromatic N) is 2. The van der Waals surface area contributed by atoms with Gasteiger partial charge >= 0.3 is 6.03 Å². The van der Waals surface area contributed by atoms with Crippen molar-refractivity contribution in [3.8, 4) is 11.3 Å². The fourth-order valence-electron chi connectivity index (χ4n) is 3.81. The number of hydrogen-bond acceptors (Lipinski definition) is 4. The molecule has 0 unspecified atom stereocenters. The second-order valence-electron chi connectivity index (χ2n) is 7.69. The van der Waals surface area contributed by atoms with Gasteiger partial charge in [0.25, 0.3) is 0 Å². The Morgan fingerprint density at radius 3 is 2.47 bits per heavy atom. The predicted octanol–water partition coefficient (Wildman–Crippen LogP) is 5.65. The minimum absolute atomic E-state index is 0.150. The van der Waals surface area contributed by atoms with Crippen LogP contribution in [0.2, 0.25) is 0 Å². The summed E-state index contributed by atoms with van der Waals surface area (Å²) in [5.74, 6) is 1.41. The summed E-state index contributed by atoms with van der Waals surface area (Å²) in [6.07, 6.45) is 5.76. The second kappa shape index (κ2) is 9.39. The molecule has 4 rings (SSSR count). The number of rotatable bonds is 5. The van der Waals surface area contributed by atoms with Crippen molar-refractivity contribution < 1.29 is 4.79 Å². The molecule has 0 bridgehead atoms. The lowest BCUT2D eigenvalue weighted by molar-refractivity contribution is 0.244. The summed E-state index contributed by atoms with van der Waals surface area (Å²) in [7, 11) is 0. The molecule has 3 N–H and O–H groups in total. The normalized spacial score (nSPS) is 14.2. The van der Waals surface area contributed by atoms with Crippen molar-refractivity contribution in [3.63, 3.8) is 0 Å². The fraction of sp³-hybridized carbons (Fsp3) is 0.292. The van der Waals surface area contributed by atoms with Crippen LogP contribution in [0.3, 0.4) is 0 Å². The summed E-state index contributed by atoms with van der Waals surface area (Å²) in [6.45, 7) is 1.88. The van der Waals surface area contributed by atoms with E-state index in [0.717, 1.165) is 35.5 Å². The Kier molecular flexibility index (Phi) is 6.23. The Labute approximate surface area is 177 Å². The molecule has 0 atom stereocenters. The maximum absolute atomic E-state index is 12.3. The standard InChI is InChI=1S/C24H27N5O/c1-17-25-22(18-9-4-2-5-10-18)16-23(26-17)27-20-13-8-14-21(15-20)29-24(30)28-19-11-6-3-7-12-19/h2,4-5,8-10,13-16,19H,3,6-7,11-12H2,1H3,(H,25,26,27)(H2,28,29,30). The Balaban J connectivity index is 1.44. The highest BCUT2D eigenvalue weighted by Crippen LogP contribution is 2.24. The highest BCUT2D eigenvalue weighted by molar-refractivity contribution is 5.90. The smallest absolute Gasteiger partial charge is 0.319 e. The van der Waals surface area contributed by atoms with Crippen molar-refractivity contribution in [2.45, 2.75) is 45.1 Å². The highest BCUT2D eigenvalue weighted by Gasteiger charge is 2.15. The van der Waals surface area contributed by atoms with Gasteiger partial charge in [0.2, 0.25) is 0 Å².